The quantitative estimate of drug-likeness (QED) is 0.211. The van der Waals surface area contributed by atoms with Gasteiger partial charge in [-0.2, -0.15) is 0 Å². The van der Waals surface area contributed by atoms with Crippen LogP contribution in [0.1, 0.15) is 46.1 Å². The third-order valence-corrected chi connectivity index (χ3v) is 6.74. The van der Waals surface area contributed by atoms with Gasteiger partial charge in [0.1, 0.15) is 5.82 Å². The zero-order chi connectivity index (χ0) is 23.4. The molecule has 1 aromatic heterocycles. The van der Waals surface area contributed by atoms with Gasteiger partial charge in [-0.25, -0.2) is 4.39 Å². The molecule has 4 rings (SSSR count). The average molecular weight is 457 g/mol. The second-order valence-corrected chi connectivity index (χ2v) is 9.44. The second-order valence-electron chi connectivity index (χ2n) is 8.49. The number of carbonyl (C=O) groups is 1. The van der Waals surface area contributed by atoms with Gasteiger partial charge in [0.05, 0.1) is 4.88 Å². The highest BCUT2D eigenvalue weighted by Gasteiger charge is 2.39. The molecule has 1 heterocycles. The molecule has 0 radical (unpaired) electrons. The summed E-state index contributed by atoms with van der Waals surface area (Å²) in [5.74, 6) is -0.408. The number of nitrogens with one attached hydrogen (secondary N) is 2. The number of hydrogen-bond acceptors (Lipinski definition) is 4. The van der Waals surface area contributed by atoms with Crippen molar-refractivity contribution in [1.29, 1.82) is 5.41 Å². The number of hydrogen-bond donors (Lipinski definition) is 2. The molecule has 166 valence electrons. The average Bonchev–Trinajstić information content (AvgIpc) is 3.36. The molecule has 5 heteroatoms. The van der Waals surface area contributed by atoms with Crippen LogP contribution in [0.3, 0.4) is 0 Å². The van der Waals surface area contributed by atoms with Crippen LogP contribution in [0.15, 0.2) is 90.3 Å². The Balaban J connectivity index is 1.76. The third kappa shape index (κ3) is 4.78. The number of rotatable bonds is 8. The van der Waals surface area contributed by atoms with Crippen molar-refractivity contribution in [3.8, 4) is 0 Å². The minimum Gasteiger partial charge on any atom is -0.355 e. The normalized spacial score (nSPS) is 12.2. The lowest BCUT2D eigenvalue weighted by molar-refractivity contribution is 0.0821. The molecule has 0 fully saturated rings. The Morgan fingerprint density at radius 3 is 2.33 bits per heavy atom. The first-order valence-electron chi connectivity index (χ1n) is 10.7. The van der Waals surface area contributed by atoms with E-state index in [1.165, 1.54) is 29.7 Å². The first-order chi connectivity index (χ1) is 15.9. The van der Waals surface area contributed by atoms with E-state index in [1.807, 2.05) is 79.9 Å². The maximum atomic E-state index is 13.5. The molecule has 0 amide bonds. The molecule has 0 aliphatic carbocycles. The van der Waals surface area contributed by atoms with Crippen molar-refractivity contribution in [3.05, 3.63) is 118 Å². The van der Waals surface area contributed by atoms with Crippen LogP contribution in [0.5, 0.6) is 0 Å². The number of Topliss-reactive ketones (excluding diaryl/α,β-unsaturated/α-hetero) is 1. The molecule has 0 bridgehead atoms. The highest BCUT2D eigenvalue weighted by atomic mass is 32.1. The predicted molar refractivity (Wildman–Crippen MR) is 135 cm³/mol. The SMILES string of the molecule is CC(C)(C(=O)c1cccs1)C(c1ccccc1)c1ccc(Nc2ccc(F)cc2)c(C=N)c1. The van der Waals surface area contributed by atoms with E-state index in [-0.39, 0.29) is 17.5 Å². The Morgan fingerprint density at radius 2 is 1.70 bits per heavy atom. The summed E-state index contributed by atoms with van der Waals surface area (Å²) in [5, 5.41) is 13.2. The molecular weight excluding hydrogens is 431 g/mol. The largest absolute Gasteiger partial charge is 0.355 e. The van der Waals surface area contributed by atoms with E-state index in [9.17, 15) is 9.18 Å². The number of ketones is 1. The summed E-state index contributed by atoms with van der Waals surface area (Å²) in [6, 6.07) is 25.8. The first kappa shape index (κ1) is 22.6. The minimum atomic E-state index is -0.711. The van der Waals surface area contributed by atoms with Gasteiger partial charge in [-0.05, 0) is 59.0 Å². The summed E-state index contributed by atoms with van der Waals surface area (Å²) in [6.07, 6.45) is 1.30. The maximum absolute atomic E-state index is 13.5. The van der Waals surface area contributed by atoms with Crippen molar-refractivity contribution >= 4 is 34.7 Å². The molecule has 1 atom stereocenters. The smallest absolute Gasteiger partial charge is 0.179 e. The highest BCUT2D eigenvalue weighted by Crippen LogP contribution is 2.44. The molecule has 0 spiro atoms. The summed E-state index contributed by atoms with van der Waals surface area (Å²) >= 11 is 1.46. The van der Waals surface area contributed by atoms with Crippen molar-refractivity contribution in [2.75, 3.05) is 5.32 Å². The van der Waals surface area contributed by atoms with Gasteiger partial charge in [-0.15, -0.1) is 11.3 Å². The standard InChI is InChI=1S/C28H25FN2OS/c1-28(2,27(32)25-9-6-16-33-25)26(19-7-4-3-5-8-19)20-10-15-24(21(17-20)18-30)31-23-13-11-22(29)12-14-23/h3-18,26,30-31H,1-2H3. The summed E-state index contributed by atoms with van der Waals surface area (Å²) in [4.78, 5) is 14.3. The molecule has 3 nitrogen and oxygen atoms in total. The molecule has 0 saturated carbocycles. The fraction of sp³-hybridized carbons (Fsp3) is 0.143. The second kappa shape index (κ2) is 9.51. The van der Waals surface area contributed by atoms with Crippen LogP contribution in [0.2, 0.25) is 0 Å². The van der Waals surface area contributed by atoms with Crippen LogP contribution in [-0.4, -0.2) is 12.0 Å². The van der Waals surface area contributed by atoms with Gasteiger partial charge in [0, 0.05) is 34.5 Å². The predicted octanol–water partition coefficient (Wildman–Crippen LogP) is 7.67. The molecular formula is C28H25FN2OS. The molecule has 3 aromatic carbocycles. The number of thiophene rings is 1. The Hall–Kier alpha value is -3.57. The number of carbonyl (C=O) groups excluding carboxylic acids is 1. The third-order valence-electron chi connectivity index (χ3n) is 5.87. The molecule has 4 aromatic rings. The molecule has 0 saturated heterocycles. The Kier molecular flexibility index (Phi) is 6.52. The molecule has 0 aliphatic rings. The highest BCUT2D eigenvalue weighted by molar-refractivity contribution is 7.12. The van der Waals surface area contributed by atoms with E-state index < -0.39 is 5.41 Å². The number of anilines is 2. The van der Waals surface area contributed by atoms with Gasteiger partial charge < -0.3 is 10.7 Å². The zero-order valence-electron chi connectivity index (χ0n) is 18.5. The van der Waals surface area contributed by atoms with Crippen LogP contribution < -0.4 is 5.32 Å². The van der Waals surface area contributed by atoms with Crippen LogP contribution in [0.4, 0.5) is 15.8 Å². The summed E-state index contributed by atoms with van der Waals surface area (Å²) < 4.78 is 13.3. The lowest BCUT2D eigenvalue weighted by atomic mass is 9.68. The fourth-order valence-electron chi connectivity index (χ4n) is 4.21. The molecule has 1 unspecified atom stereocenters. The molecule has 0 aliphatic heterocycles. The summed E-state index contributed by atoms with van der Waals surface area (Å²) in [5.41, 5.74) is 3.46. The Labute approximate surface area is 197 Å². The van der Waals surface area contributed by atoms with Crippen LogP contribution in [-0.2, 0) is 0 Å². The lowest BCUT2D eigenvalue weighted by Gasteiger charge is -2.34. The van der Waals surface area contributed by atoms with Gasteiger partial charge >= 0.3 is 0 Å². The van der Waals surface area contributed by atoms with Gasteiger partial charge in [-0.3, -0.25) is 4.79 Å². The topological polar surface area (TPSA) is 53.0 Å². The monoisotopic (exact) mass is 456 g/mol. The van der Waals surface area contributed by atoms with E-state index in [0.717, 1.165) is 27.4 Å². The van der Waals surface area contributed by atoms with E-state index in [4.69, 9.17) is 5.41 Å². The van der Waals surface area contributed by atoms with Crippen LogP contribution in [0.25, 0.3) is 0 Å². The van der Waals surface area contributed by atoms with Crippen LogP contribution >= 0.6 is 11.3 Å². The van der Waals surface area contributed by atoms with E-state index in [2.05, 4.69) is 5.32 Å². The van der Waals surface area contributed by atoms with Crippen LogP contribution in [0, 0.1) is 16.6 Å². The molecule has 2 N–H and O–H groups in total. The van der Waals surface area contributed by atoms with E-state index in [1.54, 1.807) is 12.1 Å². The zero-order valence-corrected chi connectivity index (χ0v) is 19.3. The van der Waals surface area contributed by atoms with Crippen molar-refractivity contribution in [1.82, 2.24) is 0 Å². The summed E-state index contributed by atoms with van der Waals surface area (Å²) in [7, 11) is 0. The minimum absolute atomic E-state index is 0.0938. The van der Waals surface area contributed by atoms with Gasteiger partial charge in [0.2, 0.25) is 0 Å². The first-order valence-corrected chi connectivity index (χ1v) is 11.6. The van der Waals surface area contributed by atoms with E-state index in [0.29, 0.717) is 5.56 Å². The maximum Gasteiger partial charge on any atom is 0.179 e. The van der Waals surface area contributed by atoms with Crippen molar-refractivity contribution in [2.24, 2.45) is 5.41 Å². The van der Waals surface area contributed by atoms with Crippen molar-refractivity contribution < 1.29 is 9.18 Å². The lowest BCUT2D eigenvalue weighted by Crippen LogP contribution is -2.32. The molecule has 33 heavy (non-hydrogen) atoms. The number of halogens is 1. The summed E-state index contributed by atoms with van der Waals surface area (Å²) in [6.45, 7) is 3.98. The van der Waals surface area contributed by atoms with Gasteiger partial charge in [-0.1, -0.05) is 56.3 Å². The number of benzene rings is 3. The Bertz CT molecular complexity index is 1250. The van der Waals surface area contributed by atoms with Crippen molar-refractivity contribution in [3.63, 3.8) is 0 Å². The van der Waals surface area contributed by atoms with Gasteiger partial charge in [0.25, 0.3) is 0 Å². The Morgan fingerprint density at radius 1 is 0.970 bits per heavy atom. The van der Waals surface area contributed by atoms with Crippen molar-refractivity contribution in [2.45, 2.75) is 19.8 Å². The fourth-order valence-corrected chi connectivity index (χ4v) is 5.04. The van der Waals surface area contributed by atoms with Gasteiger partial charge in [0.15, 0.2) is 5.78 Å². The van der Waals surface area contributed by atoms with E-state index >= 15 is 0 Å².